The smallest absolute Gasteiger partial charge is 0.261 e. The fraction of sp³-hybridized carbons (Fsp3) is 0.429. The van der Waals surface area contributed by atoms with Gasteiger partial charge >= 0.3 is 0 Å². The van der Waals surface area contributed by atoms with Crippen molar-refractivity contribution in [2.75, 3.05) is 26.3 Å². The Kier molecular flexibility index (Phi) is 7.60. The van der Waals surface area contributed by atoms with Gasteiger partial charge < -0.3 is 15.4 Å². The van der Waals surface area contributed by atoms with E-state index in [9.17, 15) is 9.59 Å². The van der Waals surface area contributed by atoms with Crippen LogP contribution in [0.2, 0.25) is 0 Å². The zero-order chi connectivity index (χ0) is 14.8. The van der Waals surface area contributed by atoms with E-state index in [4.69, 9.17) is 4.74 Å². The van der Waals surface area contributed by atoms with Gasteiger partial charge in [-0.15, -0.1) is 11.3 Å². The summed E-state index contributed by atoms with van der Waals surface area (Å²) >= 11 is 1.38. The Bertz CT molecular complexity index is 443. The number of carbonyl (C=O) groups excluding carboxylic acids is 2. The van der Waals surface area contributed by atoms with Crippen LogP contribution in [0.4, 0.5) is 0 Å². The summed E-state index contributed by atoms with van der Waals surface area (Å²) in [5, 5.41) is 7.26. The Morgan fingerprint density at radius 3 is 2.80 bits per heavy atom. The van der Waals surface area contributed by atoms with Crippen molar-refractivity contribution in [3.8, 4) is 0 Å². The number of hydrogen-bond acceptors (Lipinski definition) is 4. The second kappa shape index (κ2) is 9.28. The summed E-state index contributed by atoms with van der Waals surface area (Å²) in [6.07, 6.45) is 0.262. The van der Waals surface area contributed by atoms with E-state index in [-0.39, 0.29) is 18.2 Å². The first kappa shape index (κ1) is 16.4. The summed E-state index contributed by atoms with van der Waals surface area (Å²) in [7, 11) is 0. The van der Waals surface area contributed by atoms with Gasteiger partial charge in [0.25, 0.3) is 5.91 Å². The Morgan fingerprint density at radius 2 is 2.15 bits per heavy atom. The molecule has 2 amide bonds. The lowest BCUT2D eigenvalue weighted by Crippen LogP contribution is -2.32. The lowest BCUT2D eigenvalue weighted by Gasteiger charge is -2.07. The maximum absolute atomic E-state index is 11.6. The third-order valence-corrected chi connectivity index (χ3v) is 3.17. The fourth-order valence-corrected chi connectivity index (χ4v) is 2.02. The molecule has 1 heterocycles. The predicted octanol–water partition coefficient (Wildman–Crippen LogP) is 1.58. The monoisotopic (exact) mass is 296 g/mol. The van der Waals surface area contributed by atoms with E-state index in [1.54, 1.807) is 6.07 Å². The minimum absolute atomic E-state index is 0.101. The van der Waals surface area contributed by atoms with E-state index in [1.807, 2.05) is 18.4 Å². The Balaban J connectivity index is 2.03. The maximum atomic E-state index is 11.6. The number of thiophene rings is 1. The number of hydrogen-bond donors (Lipinski definition) is 2. The molecule has 0 bridgehead atoms. The molecule has 1 aromatic heterocycles. The van der Waals surface area contributed by atoms with Crippen molar-refractivity contribution < 1.29 is 14.3 Å². The topological polar surface area (TPSA) is 67.4 Å². The van der Waals surface area contributed by atoms with Crippen molar-refractivity contribution in [3.05, 3.63) is 34.5 Å². The minimum atomic E-state index is -0.141. The Hall–Kier alpha value is -1.66. The van der Waals surface area contributed by atoms with Crippen LogP contribution in [0.1, 0.15) is 23.0 Å². The van der Waals surface area contributed by atoms with Crippen molar-refractivity contribution >= 4 is 23.2 Å². The van der Waals surface area contributed by atoms with Gasteiger partial charge in [0.1, 0.15) is 0 Å². The summed E-state index contributed by atoms with van der Waals surface area (Å²) in [6.45, 7) is 7.36. The SMILES string of the molecule is C=C(C)COCCNC(=O)CCNC(=O)c1cccs1. The van der Waals surface area contributed by atoms with E-state index in [0.717, 1.165) is 5.57 Å². The van der Waals surface area contributed by atoms with Crippen LogP contribution in [0.15, 0.2) is 29.7 Å². The highest BCUT2D eigenvalue weighted by Gasteiger charge is 2.06. The molecule has 0 saturated heterocycles. The average molecular weight is 296 g/mol. The summed E-state index contributed by atoms with van der Waals surface area (Å²) < 4.78 is 5.25. The molecule has 0 aromatic carbocycles. The van der Waals surface area contributed by atoms with Gasteiger partial charge in [-0.1, -0.05) is 18.2 Å². The molecule has 0 spiro atoms. The highest BCUT2D eigenvalue weighted by molar-refractivity contribution is 7.12. The molecule has 1 rings (SSSR count). The third-order valence-electron chi connectivity index (χ3n) is 2.30. The molecular formula is C14H20N2O3S. The molecule has 0 radical (unpaired) electrons. The van der Waals surface area contributed by atoms with Crippen LogP contribution in [0.25, 0.3) is 0 Å². The second-order valence-corrected chi connectivity index (χ2v) is 5.29. The molecule has 0 aliphatic rings. The highest BCUT2D eigenvalue weighted by Crippen LogP contribution is 2.07. The van der Waals surface area contributed by atoms with E-state index in [1.165, 1.54) is 11.3 Å². The summed E-state index contributed by atoms with van der Waals surface area (Å²) in [6, 6.07) is 3.57. The van der Waals surface area contributed by atoms with Crippen LogP contribution >= 0.6 is 11.3 Å². The first-order chi connectivity index (χ1) is 9.59. The third kappa shape index (κ3) is 7.06. The standard InChI is InChI=1S/C14H20N2O3S/c1-11(2)10-19-8-7-15-13(17)5-6-16-14(18)12-4-3-9-20-12/h3-4,9H,1,5-8,10H2,2H3,(H,15,17)(H,16,18). The number of nitrogens with one attached hydrogen (secondary N) is 2. The van der Waals surface area contributed by atoms with Crippen LogP contribution in [-0.2, 0) is 9.53 Å². The molecule has 5 nitrogen and oxygen atoms in total. The minimum Gasteiger partial charge on any atom is -0.375 e. The zero-order valence-electron chi connectivity index (χ0n) is 11.6. The molecule has 6 heteroatoms. The lowest BCUT2D eigenvalue weighted by atomic mass is 10.3. The van der Waals surface area contributed by atoms with Crippen molar-refractivity contribution in [3.63, 3.8) is 0 Å². The van der Waals surface area contributed by atoms with Gasteiger partial charge in [0.15, 0.2) is 0 Å². The largest absolute Gasteiger partial charge is 0.375 e. The van der Waals surface area contributed by atoms with Gasteiger partial charge in [0.05, 0.1) is 18.1 Å². The summed E-state index contributed by atoms with van der Waals surface area (Å²) in [4.78, 5) is 23.7. The van der Waals surface area contributed by atoms with Gasteiger partial charge in [0.2, 0.25) is 5.91 Å². The van der Waals surface area contributed by atoms with E-state index in [0.29, 0.717) is 31.2 Å². The van der Waals surface area contributed by atoms with Gasteiger partial charge in [0, 0.05) is 19.5 Å². The van der Waals surface area contributed by atoms with Gasteiger partial charge in [-0.05, 0) is 18.4 Å². The highest BCUT2D eigenvalue weighted by atomic mass is 32.1. The maximum Gasteiger partial charge on any atom is 0.261 e. The molecule has 0 unspecified atom stereocenters. The van der Waals surface area contributed by atoms with Crippen LogP contribution in [0.3, 0.4) is 0 Å². The van der Waals surface area contributed by atoms with Gasteiger partial charge in [-0.2, -0.15) is 0 Å². The first-order valence-electron chi connectivity index (χ1n) is 6.40. The first-order valence-corrected chi connectivity index (χ1v) is 7.28. The van der Waals surface area contributed by atoms with Crippen LogP contribution in [0, 0.1) is 0 Å². The number of rotatable bonds is 9. The quantitative estimate of drug-likeness (QED) is 0.537. The molecule has 0 fully saturated rings. The Morgan fingerprint density at radius 1 is 1.35 bits per heavy atom. The van der Waals surface area contributed by atoms with Crippen molar-refractivity contribution in [2.24, 2.45) is 0 Å². The molecule has 1 aromatic rings. The molecule has 0 atom stereocenters. The van der Waals surface area contributed by atoms with Crippen LogP contribution in [-0.4, -0.2) is 38.1 Å². The summed E-state index contributed by atoms with van der Waals surface area (Å²) in [5.74, 6) is -0.243. The molecule has 20 heavy (non-hydrogen) atoms. The fourth-order valence-electron chi connectivity index (χ4n) is 1.38. The number of amides is 2. The normalized spacial score (nSPS) is 10.1. The molecule has 0 saturated carbocycles. The van der Waals surface area contributed by atoms with Crippen molar-refractivity contribution in [2.45, 2.75) is 13.3 Å². The molecule has 0 aliphatic carbocycles. The summed E-state index contributed by atoms with van der Waals surface area (Å²) in [5.41, 5.74) is 0.951. The molecule has 0 aliphatic heterocycles. The number of ether oxygens (including phenoxy) is 1. The molecule has 2 N–H and O–H groups in total. The Labute approximate surface area is 123 Å². The van der Waals surface area contributed by atoms with E-state index >= 15 is 0 Å². The second-order valence-electron chi connectivity index (χ2n) is 4.34. The van der Waals surface area contributed by atoms with Gasteiger partial charge in [-0.25, -0.2) is 0 Å². The van der Waals surface area contributed by atoms with E-state index in [2.05, 4.69) is 17.2 Å². The van der Waals surface area contributed by atoms with Crippen molar-refractivity contribution in [1.29, 1.82) is 0 Å². The van der Waals surface area contributed by atoms with Gasteiger partial charge in [-0.3, -0.25) is 9.59 Å². The molecule has 110 valence electrons. The predicted molar refractivity (Wildman–Crippen MR) is 79.9 cm³/mol. The van der Waals surface area contributed by atoms with Crippen LogP contribution in [0.5, 0.6) is 0 Å². The van der Waals surface area contributed by atoms with Crippen LogP contribution < -0.4 is 10.6 Å². The molecular weight excluding hydrogens is 276 g/mol. The number of carbonyl (C=O) groups is 2. The average Bonchev–Trinajstić information content (AvgIpc) is 2.91. The lowest BCUT2D eigenvalue weighted by molar-refractivity contribution is -0.121. The zero-order valence-corrected chi connectivity index (χ0v) is 12.4. The van der Waals surface area contributed by atoms with E-state index < -0.39 is 0 Å². The van der Waals surface area contributed by atoms with Crippen molar-refractivity contribution in [1.82, 2.24) is 10.6 Å².